The average molecular weight is 428 g/mol. The Bertz CT molecular complexity index is 1130. The molecule has 1 N–H and O–H groups in total. The Morgan fingerprint density at radius 1 is 1.03 bits per heavy atom. The molecule has 162 valence electrons. The van der Waals surface area contributed by atoms with E-state index in [-0.39, 0.29) is 24.3 Å². The molecule has 2 heterocycles. The van der Waals surface area contributed by atoms with E-state index < -0.39 is 17.7 Å². The number of hydrogen-bond donors (Lipinski definition) is 1. The molecule has 0 saturated carbocycles. The van der Waals surface area contributed by atoms with Gasteiger partial charge in [0.05, 0.1) is 18.7 Å². The lowest BCUT2D eigenvalue weighted by atomic mass is 9.94. The van der Waals surface area contributed by atoms with Gasteiger partial charge in [-0.3, -0.25) is 14.6 Å². The second-order valence-electron chi connectivity index (χ2n) is 7.64. The first-order valence-corrected chi connectivity index (χ1v) is 10.4. The lowest BCUT2D eigenvalue weighted by Crippen LogP contribution is -2.30. The standard InChI is InChI=1S/C26H24N2O4/c1-32-21-12-9-19(10-13-21)17-28-24(20-8-5-15-27-16-20)23(25(30)26(28)31)22(29)14-11-18-6-3-2-4-7-18/h2-10,12-13,15-16,24,30H,11,14,17H2,1H3. The van der Waals surface area contributed by atoms with Crippen LogP contribution in [-0.4, -0.2) is 33.8 Å². The first kappa shape index (κ1) is 21.3. The van der Waals surface area contributed by atoms with Crippen LogP contribution in [-0.2, 0) is 22.6 Å². The highest BCUT2D eigenvalue weighted by molar-refractivity contribution is 6.09. The molecule has 0 fully saturated rings. The molecule has 1 unspecified atom stereocenters. The van der Waals surface area contributed by atoms with E-state index in [1.807, 2.05) is 60.7 Å². The molecule has 0 bridgehead atoms. The number of ketones is 1. The third-order valence-electron chi connectivity index (χ3n) is 5.60. The van der Waals surface area contributed by atoms with E-state index in [1.165, 1.54) is 4.90 Å². The van der Waals surface area contributed by atoms with Crippen LogP contribution < -0.4 is 4.74 Å². The molecule has 3 aromatic rings. The number of aliphatic hydroxyl groups excluding tert-OH is 1. The van der Waals surface area contributed by atoms with Gasteiger partial charge in [-0.15, -0.1) is 0 Å². The Kier molecular flexibility index (Phi) is 6.31. The molecule has 2 aromatic carbocycles. The minimum absolute atomic E-state index is 0.132. The minimum Gasteiger partial charge on any atom is -0.503 e. The topological polar surface area (TPSA) is 79.7 Å². The summed E-state index contributed by atoms with van der Waals surface area (Å²) in [6, 6.07) is 19.9. The predicted octanol–water partition coefficient (Wildman–Crippen LogP) is 4.19. The van der Waals surface area contributed by atoms with E-state index in [0.717, 1.165) is 11.1 Å². The number of aliphatic hydroxyl groups is 1. The van der Waals surface area contributed by atoms with Gasteiger partial charge in [0.25, 0.3) is 5.91 Å². The van der Waals surface area contributed by atoms with Crippen molar-refractivity contribution >= 4 is 11.7 Å². The van der Waals surface area contributed by atoms with Crippen LogP contribution in [0.2, 0.25) is 0 Å². The molecule has 1 aromatic heterocycles. The number of aromatic nitrogens is 1. The van der Waals surface area contributed by atoms with Crippen molar-refractivity contribution in [2.75, 3.05) is 7.11 Å². The second-order valence-corrected chi connectivity index (χ2v) is 7.64. The zero-order valence-corrected chi connectivity index (χ0v) is 17.8. The van der Waals surface area contributed by atoms with E-state index in [4.69, 9.17) is 4.74 Å². The molecule has 1 atom stereocenters. The number of amides is 1. The zero-order chi connectivity index (χ0) is 22.5. The quantitative estimate of drug-likeness (QED) is 0.582. The average Bonchev–Trinajstić information content (AvgIpc) is 3.09. The first-order chi connectivity index (χ1) is 15.6. The number of benzene rings is 2. The fraction of sp³-hybridized carbons (Fsp3) is 0.192. The van der Waals surface area contributed by atoms with E-state index >= 15 is 0 Å². The van der Waals surface area contributed by atoms with Crippen LogP contribution in [0.4, 0.5) is 0 Å². The van der Waals surface area contributed by atoms with Crippen molar-refractivity contribution in [2.45, 2.75) is 25.4 Å². The molecule has 0 spiro atoms. The molecule has 0 radical (unpaired) electrons. The van der Waals surface area contributed by atoms with Crippen LogP contribution in [0.15, 0.2) is 90.5 Å². The number of nitrogens with zero attached hydrogens (tertiary/aromatic N) is 2. The predicted molar refractivity (Wildman–Crippen MR) is 120 cm³/mol. The number of hydrogen-bond acceptors (Lipinski definition) is 5. The summed E-state index contributed by atoms with van der Waals surface area (Å²) >= 11 is 0. The molecular formula is C26H24N2O4. The van der Waals surface area contributed by atoms with Crippen molar-refractivity contribution in [1.29, 1.82) is 0 Å². The fourth-order valence-electron chi connectivity index (χ4n) is 3.95. The third-order valence-corrected chi connectivity index (χ3v) is 5.60. The molecule has 1 amide bonds. The molecule has 0 saturated heterocycles. The summed E-state index contributed by atoms with van der Waals surface area (Å²) in [5.74, 6) is -0.572. The van der Waals surface area contributed by atoms with Crippen LogP contribution in [0.3, 0.4) is 0 Å². The highest BCUT2D eigenvalue weighted by atomic mass is 16.5. The first-order valence-electron chi connectivity index (χ1n) is 10.4. The number of carbonyl (C=O) groups excluding carboxylic acids is 2. The third kappa shape index (κ3) is 4.39. The molecular weight excluding hydrogens is 404 g/mol. The Balaban J connectivity index is 1.63. The fourth-order valence-corrected chi connectivity index (χ4v) is 3.95. The van der Waals surface area contributed by atoms with Crippen LogP contribution in [0, 0.1) is 0 Å². The molecule has 32 heavy (non-hydrogen) atoms. The second kappa shape index (κ2) is 9.47. The zero-order valence-electron chi connectivity index (χ0n) is 17.8. The number of aryl methyl sites for hydroxylation is 1. The summed E-state index contributed by atoms with van der Waals surface area (Å²) in [6.07, 6.45) is 3.99. The Morgan fingerprint density at radius 3 is 2.44 bits per heavy atom. The van der Waals surface area contributed by atoms with Gasteiger partial charge in [0.1, 0.15) is 5.75 Å². The monoisotopic (exact) mass is 428 g/mol. The molecule has 0 aliphatic carbocycles. The Morgan fingerprint density at radius 2 is 1.78 bits per heavy atom. The van der Waals surface area contributed by atoms with Gasteiger partial charge in [0.2, 0.25) is 0 Å². The van der Waals surface area contributed by atoms with Gasteiger partial charge in [-0.25, -0.2) is 0 Å². The Labute approximate surface area is 186 Å². The summed E-state index contributed by atoms with van der Waals surface area (Å²) in [4.78, 5) is 31.9. The number of Topliss-reactive ketones (excluding diaryl/α,β-unsaturated/α-hetero) is 1. The van der Waals surface area contributed by atoms with E-state index in [9.17, 15) is 14.7 Å². The van der Waals surface area contributed by atoms with Crippen LogP contribution in [0.5, 0.6) is 5.75 Å². The van der Waals surface area contributed by atoms with Gasteiger partial charge >= 0.3 is 0 Å². The summed E-state index contributed by atoms with van der Waals surface area (Å²) < 4.78 is 5.20. The van der Waals surface area contributed by atoms with E-state index in [0.29, 0.717) is 17.7 Å². The number of pyridine rings is 1. The normalized spacial score (nSPS) is 15.8. The largest absolute Gasteiger partial charge is 0.503 e. The number of methoxy groups -OCH3 is 1. The highest BCUT2D eigenvalue weighted by Gasteiger charge is 2.43. The molecule has 4 rings (SSSR count). The van der Waals surface area contributed by atoms with Crippen LogP contribution >= 0.6 is 0 Å². The van der Waals surface area contributed by atoms with Gasteiger partial charge in [-0.2, -0.15) is 0 Å². The summed E-state index contributed by atoms with van der Waals surface area (Å²) in [5.41, 5.74) is 2.70. The summed E-state index contributed by atoms with van der Waals surface area (Å²) in [5, 5.41) is 10.7. The lowest BCUT2D eigenvalue weighted by Gasteiger charge is -2.26. The van der Waals surface area contributed by atoms with Crippen molar-refractivity contribution < 1.29 is 19.4 Å². The maximum absolute atomic E-state index is 13.2. The maximum atomic E-state index is 13.2. The molecule has 1 aliphatic heterocycles. The number of rotatable bonds is 8. The highest BCUT2D eigenvalue weighted by Crippen LogP contribution is 2.39. The van der Waals surface area contributed by atoms with Gasteiger partial charge in [-0.1, -0.05) is 48.5 Å². The van der Waals surface area contributed by atoms with Crippen molar-refractivity contribution in [3.63, 3.8) is 0 Å². The van der Waals surface area contributed by atoms with Gasteiger partial charge in [-0.05, 0) is 41.3 Å². The van der Waals surface area contributed by atoms with Crippen LogP contribution in [0.25, 0.3) is 0 Å². The smallest absolute Gasteiger partial charge is 0.290 e. The summed E-state index contributed by atoms with van der Waals surface area (Å²) in [6.45, 7) is 0.238. The Hall–Kier alpha value is -3.93. The van der Waals surface area contributed by atoms with Crippen LogP contribution in [0.1, 0.15) is 29.2 Å². The van der Waals surface area contributed by atoms with Crippen molar-refractivity contribution in [2.24, 2.45) is 0 Å². The molecule has 6 heteroatoms. The van der Waals surface area contributed by atoms with Crippen molar-refractivity contribution in [3.8, 4) is 5.75 Å². The lowest BCUT2D eigenvalue weighted by molar-refractivity contribution is -0.130. The van der Waals surface area contributed by atoms with Gasteiger partial charge in [0, 0.05) is 25.4 Å². The summed E-state index contributed by atoms with van der Waals surface area (Å²) in [7, 11) is 1.59. The maximum Gasteiger partial charge on any atom is 0.290 e. The number of carbonyl (C=O) groups is 2. The van der Waals surface area contributed by atoms with Gasteiger partial charge < -0.3 is 14.7 Å². The number of ether oxygens (including phenoxy) is 1. The molecule has 1 aliphatic rings. The molecule has 6 nitrogen and oxygen atoms in total. The van der Waals surface area contributed by atoms with Crippen molar-refractivity contribution in [3.05, 3.63) is 107 Å². The SMILES string of the molecule is COc1ccc(CN2C(=O)C(O)=C(C(=O)CCc3ccccc3)C2c2cccnc2)cc1. The van der Waals surface area contributed by atoms with Crippen molar-refractivity contribution in [1.82, 2.24) is 9.88 Å². The van der Waals surface area contributed by atoms with E-state index in [2.05, 4.69) is 4.98 Å². The minimum atomic E-state index is -0.693. The van der Waals surface area contributed by atoms with Gasteiger partial charge in [0.15, 0.2) is 11.5 Å². The van der Waals surface area contributed by atoms with E-state index in [1.54, 1.807) is 25.6 Å².